The predicted molar refractivity (Wildman–Crippen MR) is 101 cm³/mol. The van der Waals surface area contributed by atoms with Crippen molar-refractivity contribution in [2.24, 2.45) is 5.92 Å². The van der Waals surface area contributed by atoms with Crippen LogP contribution in [-0.2, 0) is 4.74 Å². The summed E-state index contributed by atoms with van der Waals surface area (Å²) in [6.45, 7) is 11.0. The SMILES string of the molecule is CN1CCN([C@H]2CCCCN(CCCCC3CCOCC3)C2)CC1. The van der Waals surface area contributed by atoms with Crippen molar-refractivity contribution < 1.29 is 4.74 Å². The number of ether oxygens (including phenoxy) is 1. The van der Waals surface area contributed by atoms with E-state index in [0.717, 1.165) is 25.2 Å². The molecule has 3 heterocycles. The van der Waals surface area contributed by atoms with Gasteiger partial charge in [-0.2, -0.15) is 0 Å². The van der Waals surface area contributed by atoms with Gasteiger partial charge >= 0.3 is 0 Å². The van der Waals surface area contributed by atoms with Crippen LogP contribution in [0.1, 0.15) is 51.4 Å². The van der Waals surface area contributed by atoms with E-state index >= 15 is 0 Å². The molecule has 0 radical (unpaired) electrons. The second-order valence-electron chi connectivity index (χ2n) is 8.34. The molecule has 0 unspecified atom stereocenters. The fourth-order valence-corrected chi connectivity index (χ4v) is 4.69. The van der Waals surface area contributed by atoms with Crippen LogP contribution in [-0.4, -0.2) is 86.8 Å². The molecule has 0 aromatic rings. The van der Waals surface area contributed by atoms with Gasteiger partial charge in [-0.05, 0) is 58.2 Å². The molecule has 3 aliphatic rings. The first-order valence-electron chi connectivity index (χ1n) is 10.5. The molecule has 4 nitrogen and oxygen atoms in total. The van der Waals surface area contributed by atoms with E-state index in [2.05, 4.69) is 21.7 Å². The highest BCUT2D eigenvalue weighted by molar-refractivity contribution is 4.82. The fraction of sp³-hybridized carbons (Fsp3) is 1.00. The number of likely N-dealkylation sites (N-methyl/N-ethyl adjacent to an activating group) is 1. The number of piperazine rings is 1. The van der Waals surface area contributed by atoms with Crippen molar-refractivity contribution in [1.29, 1.82) is 0 Å². The molecule has 0 bridgehead atoms. The zero-order valence-electron chi connectivity index (χ0n) is 15.9. The van der Waals surface area contributed by atoms with Crippen molar-refractivity contribution >= 4 is 0 Å². The molecule has 0 N–H and O–H groups in total. The first-order valence-corrected chi connectivity index (χ1v) is 10.5. The summed E-state index contributed by atoms with van der Waals surface area (Å²) in [5.41, 5.74) is 0. The first-order chi connectivity index (χ1) is 11.8. The maximum atomic E-state index is 5.48. The summed E-state index contributed by atoms with van der Waals surface area (Å²) in [7, 11) is 2.26. The summed E-state index contributed by atoms with van der Waals surface area (Å²) in [5, 5.41) is 0. The standard InChI is InChI=1S/C20H39N3O/c1-21-12-14-23(15-13-21)20-7-3-5-11-22(18-20)10-4-2-6-19-8-16-24-17-9-19/h19-20H,2-18H2,1H3/t20-/m0/s1. The van der Waals surface area contributed by atoms with E-state index in [1.807, 2.05) is 0 Å². The molecular weight excluding hydrogens is 298 g/mol. The molecule has 3 fully saturated rings. The lowest BCUT2D eigenvalue weighted by Crippen LogP contribution is -2.51. The van der Waals surface area contributed by atoms with Crippen molar-refractivity contribution in [3.8, 4) is 0 Å². The number of hydrogen-bond acceptors (Lipinski definition) is 4. The first kappa shape index (κ1) is 18.6. The molecule has 0 saturated carbocycles. The molecule has 0 amide bonds. The Morgan fingerprint density at radius 3 is 2.46 bits per heavy atom. The summed E-state index contributed by atoms with van der Waals surface area (Å²) < 4.78 is 5.48. The topological polar surface area (TPSA) is 19.0 Å². The van der Waals surface area contributed by atoms with Crippen molar-refractivity contribution in [3.63, 3.8) is 0 Å². The van der Waals surface area contributed by atoms with Gasteiger partial charge in [0.2, 0.25) is 0 Å². The second kappa shape index (κ2) is 10.1. The van der Waals surface area contributed by atoms with E-state index in [0.29, 0.717) is 0 Å². The zero-order valence-corrected chi connectivity index (χ0v) is 15.9. The predicted octanol–water partition coefficient (Wildman–Crippen LogP) is 2.69. The van der Waals surface area contributed by atoms with Gasteiger partial charge in [0.05, 0.1) is 0 Å². The number of hydrogen-bond donors (Lipinski definition) is 0. The van der Waals surface area contributed by atoms with Crippen LogP contribution in [0.4, 0.5) is 0 Å². The van der Waals surface area contributed by atoms with Crippen molar-refractivity contribution in [2.75, 3.05) is 66.1 Å². The molecule has 3 aliphatic heterocycles. The molecule has 140 valence electrons. The number of nitrogens with zero attached hydrogens (tertiary/aromatic N) is 3. The summed E-state index contributed by atoms with van der Waals surface area (Å²) >= 11 is 0. The molecule has 1 atom stereocenters. The average molecular weight is 338 g/mol. The quantitative estimate of drug-likeness (QED) is 0.694. The summed E-state index contributed by atoms with van der Waals surface area (Å²) in [6.07, 6.45) is 11.1. The highest BCUT2D eigenvalue weighted by Crippen LogP contribution is 2.22. The summed E-state index contributed by atoms with van der Waals surface area (Å²) in [6, 6.07) is 0.816. The van der Waals surface area contributed by atoms with E-state index in [-0.39, 0.29) is 0 Å². The van der Waals surface area contributed by atoms with Crippen LogP contribution in [0.5, 0.6) is 0 Å². The molecule has 0 aromatic heterocycles. The van der Waals surface area contributed by atoms with Crippen molar-refractivity contribution in [2.45, 2.75) is 57.4 Å². The Morgan fingerprint density at radius 2 is 1.67 bits per heavy atom. The van der Waals surface area contributed by atoms with E-state index in [1.54, 1.807) is 0 Å². The van der Waals surface area contributed by atoms with E-state index in [4.69, 9.17) is 4.74 Å². The third-order valence-corrected chi connectivity index (χ3v) is 6.46. The molecule has 0 spiro atoms. The van der Waals surface area contributed by atoms with Gasteiger partial charge in [-0.3, -0.25) is 4.90 Å². The van der Waals surface area contributed by atoms with E-state index in [9.17, 15) is 0 Å². The normalized spacial score (nSPS) is 29.6. The second-order valence-corrected chi connectivity index (χ2v) is 8.34. The van der Waals surface area contributed by atoms with Crippen molar-refractivity contribution in [1.82, 2.24) is 14.7 Å². The minimum atomic E-state index is 0.816. The van der Waals surface area contributed by atoms with E-state index in [1.165, 1.54) is 97.2 Å². The minimum Gasteiger partial charge on any atom is -0.381 e. The Hall–Kier alpha value is -0.160. The lowest BCUT2D eigenvalue weighted by Gasteiger charge is -2.39. The van der Waals surface area contributed by atoms with Gasteiger partial charge in [-0.1, -0.05) is 19.3 Å². The van der Waals surface area contributed by atoms with Crippen LogP contribution >= 0.6 is 0 Å². The molecule has 0 aromatic carbocycles. The van der Waals surface area contributed by atoms with Crippen LogP contribution in [0.25, 0.3) is 0 Å². The van der Waals surface area contributed by atoms with Gasteiger partial charge in [0.25, 0.3) is 0 Å². The van der Waals surface area contributed by atoms with Crippen LogP contribution in [0, 0.1) is 5.92 Å². The largest absolute Gasteiger partial charge is 0.381 e. The number of rotatable bonds is 6. The highest BCUT2D eigenvalue weighted by Gasteiger charge is 2.25. The van der Waals surface area contributed by atoms with Gasteiger partial charge in [0, 0.05) is 52.0 Å². The lowest BCUT2D eigenvalue weighted by molar-refractivity contribution is 0.0625. The smallest absolute Gasteiger partial charge is 0.0468 e. The van der Waals surface area contributed by atoms with Crippen LogP contribution < -0.4 is 0 Å². The highest BCUT2D eigenvalue weighted by atomic mass is 16.5. The third kappa shape index (κ3) is 5.98. The fourth-order valence-electron chi connectivity index (χ4n) is 4.69. The number of unbranched alkanes of at least 4 members (excludes halogenated alkanes) is 1. The molecule has 3 saturated heterocycles. The number of likely N-dealkylation sites (tertiary alicyclic amines) is 1. The van der Waals surface area contributed by atoms with E-state index < -0.39 is 0 Å². The van der Waals surface area contributed by atoms with Crippen molar-refractivity contribution in [3.05, 3.63) is 0 Å². The summed E-state index contributed by atoms with van der Waals surface area (Å²) in [4.78, 5) is 8.03. The minimum absolute atomic E-state index is 0.816. The Bertz CT molecular complexity index is 338. The Kier molecular flexibility index (Phi) is 7.84. The van der Waals surface area contributed by atoms with Crippen LogP contribution in [0.2, 0.25) is 0 Å². The Morgan fingerprint density at radius 1 is 0.875 bits per heavy atom. The van der Waals surface area contributed by atoms with Gasteiger partial charge < -0.3 is 14.5 Å². The van der Waals surface area contributed by atoms with Gasteiger partial charge in [0.1, 0.15) is 0 Å². The van der Waals surface area contributed by atoms with Crippen LogP contribution in [0.15, 0.2) is 0 Å². The zero-order chi connectivity index (χ0) is 16.6. The monoisotopic (exact) mass is 337 g/mol. The van der Waals surface area contributed by atoms with Crippen LogP contribution in [0.3, 0.4) is 0 Å². The summed E-state index contributed by atoms with van der Waals surface area (Å²) in [5.74, 6) is 0.945. The third-order valence-electron chi connectivity index (χ3n) is 6.46. The molecule has 4 heteroatoms. The Labute approximate surface area is 149 Å². The molecule has 3 rings (SSSR count). The molecule has 0 aliphatic carbocycles. The molecular formula is C20H39N3O. The molecule has 24 heavy (non-hydrogen) atoms. The van der Waals surface area contributed by atoms with Gasteiger partial charge in [-0.15, -0.1) is 0 Å². The Balaban J connectivity index is 1.35. The average Bonchev–Trinajstić information content (AvgIpc) is 2.86. The maximum Gasteiger partial charge on any atom is 0.0468 e. The maximum absolute atomic E-state index is 5.48. The van der Waals surface area contributed by atoms with Gasteiger partial charge in [0.15, 0.2) is 0 Å². The van der Waals surface area contributed by atoms with Gasteiger partial charge in [-0.25, -0.2) is 0 Å². The lowest BCUT2D eigenvalue weighted by atomic mass is 9.94.